The van der Waals surface area contributed by atoms with E-state index in [0.717, 1.165) is 24.8 Å². The number of sulfonamides is 1. The summed E-state index contributed by atoms with van der Waals surface area (Å²) in [6, 6.07) is 12.3. The van der Waals surface area contributed by atoms with Gasteiger partial charge in [0.1, 0.15) is 11.9 Å². The number of fused-ring (bicyclic) bond motifs is 1. The number of ether oxygens (including phenoxy) is 2. The summed E-state index contributed by atoms with van der Waals surface area (Å²) in [6.45, 7) is 7.77. The summed E-state index contributed by atoms with van der Waals surface area (Å²) in [5.41, 5.74) is 2.13. The molecule has 1 fully saturated rings. The highest BCUT2D eigenvalue weighted by molar-refractivity contribution is 7.92. The van der Waals surface area contributed by atoms with E-state index in [-0.39, 0.29) is 35.0 Å². The Morgan fingerprint density at radius 1 is 1.06 bits per heavy atom. The Morgan fingerprint density at radius 2 is 1.76 bits per heavy atom. The van der Waals surface area contributed by atoms with Gasteiger partial charge in [0.25, 0.3) is 10.0 Å². The average molecular weight is 472 g/mol. The number of aryl methyl sites for hydroxylation is 1. The second-order valence-electron chi connectivity index (χ2n) is 9.34. The van der Waals surface area contributed by atoms with Gasteiger partial charge in [-0.25, -0.2) is 8.42 Å². The van der Waals surface area contributed by atoms with Crippen LogP contribution in [0.2, 0.25) is 0 Å². The summed E-state index contributed by atoms with van der Waals surface area (Å²) in [6.07, 6.45) is 2.74. The zero-order chi connectivity index (χ0) is 23.6. The molecule has 2 aliphatic rings. The van der Waals surface area contributed by atoms with E-state index >= 15 is 0 Å². The lowest BCUT2D eigenvalue weighted by Gasteiger charge is -2.34. The van der Waals surface area contributed by atoms with Crippen LogP contribution in [0, 0.1) is 11.8 Å². The summed E-state index contributed by atoms with van der Waals surface area (Å²) in [4.78, 5) is 13.1. The smallest absolute Gasteiger partial charge is 0.264 e. The fourth-order valence-electron chi connectivity index (χ4n) is 4.54. The predicted octanol–water partition coefficient (Wildman–Crippen LogP) is 4.86. The van der Waals surface area contributed by atoms with E-state index in [2.05, 4.69) is 6.92 Å². The molecule has 0 N–H and O–H groups in total. The molecule has 0 saturated carbocycles. The van der Waals surface area contributed by atoms with Gasteiger partial charge < -0.3 is 9.47 Å². The number of nitrogens with zero attached hydrogens (tertiary/aromatic N) is 1. The molecule has 7 heteroatoms. The molecule has 1 atom stereocenters. The second-order valence-corrected chi connectivity index (χ2v) is 11.2. The number of hydrogen-bond donors (Lipinski definition) is 0. The fourth-order valence-corrected chi connectivity index (χ4v) is 6.19. The van der Waals surface area contributed by atoms with Gasteiger partial charge in [-0.15, -0.1) is 0 Å². The quantitative estimate of drug-likeness (QED) is 0.577. The third-order valence-electron chi connectivity index (χ3n) is 6.46. The minimum absolute atomic E-state index is 0.0625. The predicted molar refractivity (Wildman–Crippen MR) is 129 cm³/mol. The van der Waals surface area contributed by atoms with E-state index in [9.17, 15) is 13.2 Å². The summed E-state index contributed by atoms with van der Waals surface area (Å²) in [5.74, 6) is 0.831. The lowest BCUT2D eigenvalue weighted by molar-refractivity contribution is 0.0119. The largest absolute Gasteiger partial charge is 0.489 e. The standard InChI is InChI=1S/C26H33NO5S/c1-4-19-5-7-21(8-6-19)27(17-18(2)3)33(29,30)22-9-10-25-23(15-22)24(28)16-26(32-25)20-11-13-31-14-12-20/h5-10,15,18,20,26H,4,11-14,16-17H2,1-3H3/t26-/m1/s1. The molecule has 0 unspecified atom stereocenters. The van der Waals surface area contributed by atoms with Crippen LogP contribution in [0.1, 0.15) is 56.0 Å². The van der Waals surface area contributed by atoms with Gasteiger partial charge in [-0.2, -0.15) is 0 Å². The van der Waals surface area contributed by atoms with Crippen LogP contribution in [-0.2, 0) is 21.2 Å². The number of ketones is 1. The molecular weight excluding hydrogens is 438 g/mol. The van der Waals surface area contributed by atoms with Crippen LogP contribution in [0.25, 0.3) is 0 Å². The monoisotopic (exact) mass is 471 g/mol. The number of benzene rings is 2. The van der Waals surface area contributed by atoms with Gasteiger partial charge in [0, 0.05) is 32.1 Å². The third kappa shape index (κ3) is 5.09. The third-order valence-corrected chi connectivity index (χ3v) is 8.25. The molecule has 2 aromatic rings. The molecule has 2 aliphatic heterocycles. The van der Waals surface area contributed by atoms with Crippen molar-refractivity contribution in [1.29, 1.82) is 0 Å². The molecule has 2 aromatic carbocycles. The highest BCUT2D eigenvalue weighted by atomic mass is 32.2. The van der Waals surface area contributed by atoms with Crippen molar-refractivity contribution in [2.45, 2.75) is 57.5 Å². The molecule has 0 bridgehead atoms. The Morgan fingerprint density at radius 3 is 2.39 bits per heavy atom. The number of rotatable bonds is 7. The zero-order valence-corrected chi connectivity index (χ0v) is 20.4. The van der Waals surface area contributed by atoms with Crippen LogP contribution in [-0.4, -0.2) is 40.1 Å². The molecule has 6 nitrogen and oxygen atoms in total. The molecule has 0 radical (unpaired) electrons. The van der Waals surface area contributed by atoms with Crippen molar-refractivity contribution in [3.8, 4) is 5.75 Å². The van der Waals surface area contributed by atoms with Crippen LogP contribution < -0.4 is 9.04 Å². The van der Waals surface area contributed by atoms with Crippen molar-refractivity contribution >= 4 is 21.5 Å². The van der Waals surface area contributed by atoms with Crippen LogP contribution in [0.5, 0.6) is 5.75 Å². The normalized spacial score (nSPS) is 19.3. The first-order valence-electron chi connectivity index (χ1n) is 11.8. The van der Waals surface area contributed by atoms with Gasteiger partial charge in [-0.1, -0.05) is 32.9 Å². The summed E-state index contributed by atoms with van der Waals surface area (Å²) in [7, 11) is -3.85. The van der Waals surface area contributed by atoms with Crippen molar-refractivity contribution < 1.29 is 22.7 Å². The number of hydrogen-bond acceptors (Lipinski definition) is 5. The van der Waals surface area contributed by atoms with Crippen LogP contribution in [0.3, 0.4) is 0 Å². The van der Waals surface area contributed by atoms with Crippen molar-refractivity contribution in [2.24, 2.45) is 11.8 Å². The highest BCUT2D eigenvalue weighted by Crippen LogP contribution is 2.36. The number of carbonyl (C=O) groups is 1. The topological polar surface area (TPSA) is 72.9 Å². The first-order valence-corrected chi connectivity index (χ1v) is 13.3. The van der Waals surface area contributed by atoms with Gasteiger partial charge in [-0.3, -0.25) is 9.10 Å². The van der Waals surface area contributed by atoms with Crippen LogP contribution in [0.15, 0.2) is 47.4 Å². The average Bonchev–Trinajstić information content (AvgIpc) is 2.82. The van der Waals surface area contributed by atoms with Gasteiger partial charge in [0.15, 0.2) is 5.78 Å². The lowest BCUT2D eigenvalue weighted by Crippen LogP contribution is -2.37. The molecule has 0 aromatic heterocycles. The molecule has 33 heavy (non-hydrogen) atoms. The van der Waals surface area contributed by atoms with E-state index in [1.54, 1.807) is 12.1 Å². The molecular formula is C26H33NO5S. The van der Waals surface area contributed by atoms with Gasteiger partial charge in [-0.05, 0) is 61.1 Å². The number of anilines is 1. The number of carbonyl (C=O) groups excluding carboxylic acids is 1. The van der Waals surface area contributed by atoms with Crippen LogP contribution in [0.4, 0.5) is 5.69 Å². The molecule has 2 heterocycles. The summed E-state index contributed by atoms with van der Waals surface area (Å²) >= 11 is 0. The minimum Gasteiger partial charge on any atom is -0.489 e. The van der Waals surface area contributed by atoms with Crippen molar-refractivity contribution in [3.63, 3.8) is 0 Å². The summed E-state index contributed by atoms with van der Waals surface area (Å²) in [5, 5.41) is 0. The summed E-state index contributed by atoms with van der Waals surface area (Å²) < 4.78 is 40.4. The second kappa shape index (κ2) is 9.85. The van der Waals surface area contributed by atoms with E-state index < -0.39 is 10.0 Å². The fraction of sp³-hybridized carbons (Fsp3) is 0.500. The molecule has 4 rings (SSSR count). The first-order chi connectivity index (χ1) is 15.8. The first kappa shape index (κ1) is 23.8. The van der Waals surface area contributed by atoms with E-state index in [1.165, 1.54) is 10.4 Å². The highest BCUT2D eigenvalue weighted by Gasteiger charge is 2.35. The van der Waals surface area contributed by atoms with E-state index in [0.29, 0.717) is 36.8 Å². The molecule has 0 aliphatic carbocycles. The Hall–Kier alpha value is -2.38. The molecule has 0 amide bonds. The van der Waals surface area contributed by atoms with Crippen molar-refractivity contribution in [1.82, 2.24) is 0 Å². The van der Waals surface area contributed by atoms with Gasteiger partial charge >= 0.3 is 0 Å². The SMILES string of the molecule is CCc1ccc(N(CC(C)C)S(=O)(=O)c2ccc3c(c2)C(=O)C[C@H](C2CCOCC2)O3)cc1. The Bertz CT molecular complexity index is 1090. The Kier molecular flexibility index (Phi) is 7.10. The van der Waals surface area contributed by atoms with Crippen LogP contribution >= 0.6 is 0 Å². The minimum atomic E-state index is -3.85. The van der Waals surface area contributed by atoms with Crippen molar-refractivity contribution in [3.05, 3.63) is 53.6 Å². The maximum absolute atomic E-state index is 13.7. The van der Waals surface area contributed by atoms with E-state index in [4.69, 9.17) is 9.47 Å². The van der Waals surface area contributed by atoms with Gasteiger partial charge in [0.05, 0.1) is 16.1 Å². The lowest BCUT2D eigenvalue weighted by atomic mass is 9.87. The van der Waals surface area contributed by atoms with Crippen molar-refractivity contribution in [2.75, 3.05) is 24.1 Å². The Balaban J connectivity index is 1.64. The van der Waals surface area contributed by atoms with E-state index in [1.807, 2.05) is 38.1 Å². The maximum Gasteiger partial charge on any atom is 0.264 e. The number of Topliss-reactive ketones (excluding diaryl/α,β-unsaturated/α-hetero) is 1. The molecule has 1 saturated heterocycles. The Labute approximate surface area is 196 Å². The maximum atomic E-state index is 13.7. The molecule has 0 spiro atoms. The van der Waals surface area contributed by atoms with Gasteiger partial charge in [0.2, 0.25) is 0 Å². The molecule has 178 valence electrons. The zero-order valence-electron chi connectivity index (χ0n) is 19.6.